The molecule has 3 aromatic heterocycles. The number of hydrogen-bond donors (Lipinski definition) is 1. The number of nitrogens with one attached hydrogen (secondary N) is 1. The van der Waals surface area contributed by atoms with Gasteiger partial charge in [0, 0.05) is 13.3 Å². The third kappa shape index (κ3) is 4.69. The minimum absolute atomic E-state index is 0.0954. The molecule has 4 rings (SSSR count). The van der Waals surface area contributed by atoms with E-state index in [2.05, 4.69) is 36.7 Å². The number of carbonyl (C=O) groups is 1. The molecule has 1 unspecified atom stereocenters. The summed E-state index contributed by atoms with van der Waals surface area (Å²) in [5.74, 6) is 3.69. The molecular formula is C19H20N8O3S. The van der Waals surface area contributed by atoms with Gasteiger partial charge in [0.1, 0.15) is 12.4 Å². The van der Waals surface area contributed by atoms with Crippen molar-refractivity contribution >= 4 is 38.2 Å². The van der Waals surface area contributed by atoms with E-state index in [0.29, 0.717) is 23.5 Å². The molecule has 11 nitrogen and oxygen atoms in total. The average Bonchev–Trinajstić information content (AvgIpc) is 3.27. The summed E-state index contributed by atoms with van der Waals surface area (Å²) in [6.07, 6.45) is 1.43. The van der Waals surface area contributed by atoms with E-state index in [9.17, 15) is 9.00 Å². The zero-order chi connectivity index (χ0) is 22.0. The van der Waals surface area contributed by atoms with Crippen molar-refractivity contribution in [3.8, 4) is 12.0 Å². The third-order valence-corrected chi connectivity index (χ3v) is 5.06. The Bertz CT molecular complexity index is 1360. The fourth-order valence-electron chi connectivity index (χ4n) is 2.93. The van der Waals surface area contributed by atoms with E-state index < -0.39 is 15.4 Å². The third-order valence-electron chi connectivity index (χ3n) is 4.19. The molecule has 0 aliphatic heterocycles. The second-order valence-corrected chi connectivity index (χ2v) is 9.66. The number of ether oxygens (including phenoxy) is 1. The van der Waals surface area contributed by atoms with Gasteiger partial charge < -0.3 is 10.1 Å². The number of fused-ring (bicyclic) bond motifs is 1. The zero-order valence-electron chi connectivity index (χ0n) is 16.9. The van der Waals surface area contributed by atoms with Gasteiger partial charge in [0.25, 0.3) is 5.95 Å². The maximum atomic E-state index is 12.0. The maximum absolute atomic E-state index is 12.0. The molecule has 0 saturated carbocycles. The van der Waals surface area contributed by atoms with Gasteiger partial charge in [0.05, 0.1) is 22.5 Å². The van der Waals surface area contributed by atoms with E-state index >= 15 is 0 Å². The van der Waals surface area contributed by atoms with Crippen LogP contribution in [0.5, 0.6) is 6.01 Å². The van der Waals surface area contributed by atoms with Gasteiger partial charge >= 0.3 is 6.01 Å². The molecule has 0 aliphatic rings. The van der Waals surface area contributed by atoms with Gasteiger partial charge in [-0.1, -0.05) is 23.3 Å². The number of carbonyl (C=O) groups excluding carboxylic acids is 1. The van der Waals surface area contributed by atoms with Crippen LogP contribution < -0.4 is 10.1 Å². The number of imidazole rings is 1. The Balaban J connectivity index is 1.56. The molecule has 160 valence electrons. The van der Waals surface area contributed by atoms with Gasteiger partial charge in [-0.15, -0.1) is 0 Å². The van der Waals surface area contributed by atoms with Crippen LogP contribution in [0.2, 0.25) is 0 Å². The highest BCUT2D eigenvalue weighted by Gasteiger charge is 2.18. The molecule has 0 radical (unpaired) electrons. The Hall–Kier alpha value is -3.80. The van der Waals surface area contributed by atoms with Gasteiger partial charge in [0.2, 0.25) is 5.91 Å². The molecular weight excluding hydrogens is 420 g/mol. The van der Waals surface area contributed by atoms with Crippen LogP contribution in [-0.2, 0) is 28.0 Å². The summed E-state index contributed by atoms with van der Waals surface area (Å²) in [5, 5.41) is 14.2. The largest absolute Gasteiger partial charge is 0.458 e. The molecule has 0 fully saturated rings. The van der Waals surface area contributed by atoms with Crippen molar-refractivity contribution in [1.29, 1.82) is 0 Å². The standard InChI is InChI=1S/C19H20N8O3S/c1-26-18(23-24-25-26)27-15-9-5-4-8-14(15)21-19(27)30-11-13-7-6-10-16(20-13)22-17(28)12-31(2,3)29/h4-10H,2,11-12H2,1,3H3,(H,20,22,28). The number of rotatable bonds is 7. The second kappa shape index (κ2) is 8.14. The monoisotopic (exact) mass is 440 g/mol. The van der Waals surface area contributed by atoms with Crippen LogP contribution in [0.4, 0.5) is 5.82 Å². The SMILES string of the molecule is C=S(C)(=O)CC(=O)Nc1cccc(COc2nc3ccccc3n2-c2nnnn2C)n1. The topological polar surface area (TPSA) is 130 Å². The molecule has 3 heterocycles. The smallest absolute Gasteiger partial charge is 0.305 e. The molecule has 1 amide bonds. The van der Waals surface area contributed by atoms with Crippen molar-refractivity contribution in [2.45, 2.75) is 6.61 Å². The lowest BCUT2D eigenvalue weighted by Gasteiger charge is -2.09. The lowest BCUT2D eigenvalue weighted by Crippen LogP contribution is -2.22. The van der Waals surface area contributed by atoms with Crippen LogP contribution >= 0.6 is 0 Å². The number of benzene rings is 1. The van der Waals surface area contributed by atoms with Crippen molar-refractivity contribution in [3.63, 3.8) is 0 Å². The van der Waals surface area contributed by atoms with E-state index in [1.807, 2.05) is 24.3 Å². The van der Waals surface area contributed by atoms with E-state index in [1.54, 1.807) is 29.8 Å². The van der Waals surface area contributed by atoms with E-state index in [0.717, 1.165) is 11.0 Å². The quantitative estimate of drug-likeness (QED) is 0.418. The van der Waals surface area contributed by atoms with E-state index in [1.165, 1.54) is 10.9 Å². The molecule has 0 bridgehead atoms. The number of nitrogens with zero attached hydrogens (tertiary/aromatic N) is 7. The van der Waals surface area contributed by atoms with E-state index in [4.69, 9.17) is 4.74 Å². The van der Waals surface area contributed by atoms with Crippen LogP contribution in [0.15, 0.2) is 42.5 Å². The van der Waals surface area contributed by atoms with Gasteiger partial charge in [-0.2, -0.15) is 4.98 Å². The summed E-state index contributed by atoms with van der Waals surface area (Å²) >= 11 is 0. The van der Waals surface area contributed by atoms with Crippen LogP contribution in [0, 0.1) is 0 Å². The van der Waals surface area contributed by atoms with Gasteiger partial charge in [-0.3, -0.25) is 9.00 Å². The zero-order valence-corrected chi connectivity index (χ0v) is 17.7. The number of pyridine rings is 1. The van der Waals surface area contributed by atoms with Gasteiger partial charge in [-0.05, 0) is 50.1 Å². The number of aryl methyl sites for hydroxylation is 1. The lowest BCUT2D eigenvalue weighted by atomic mass is 10.3. The molecule has 0 aliphatic carbocycles. The molecule has 1 atom stereocenters. The maximum Gasteiger partial charge on any atom is 0.305 e. The lowest BCUT2D eigenvalue weighted by molar-refractivity contribution is -0.113. The molecule has 4 aromatic rings. The summed E-state index contributed by atoms with van der Waals surface area (Å²) in [6.45, 7) is 0.0954. The second-order valence-electron chi connectivity index (χ2n) is 7.00. The normalized spacial score (nSPS) is 13.1. The summed E-state index contributed by atoms with van der Waals surface area (Å²) in [4.78, 5) is 20.9. The number of amides is 1. The number of para-hydroxylation sites is 2. The molecule has 0 spiro atoms. The van der Waals surface area contributed by atoms with Crippen molar-refractivity contribution < 1.29 is 13.7 Å². The number of hydrogen-bond acceptors (Lipinski definition) is 8. The molecule has 0 saturated heterocycles. The minimum atomic E-state index is -2.44. The van der Waals surface area contributed by atoms with Gasteiger partial charge in [0.15, 0.2) is 0 Å². The first-order valence-electron chi connectivity index (χ1n) is 9.19. The van der Waals surface area contributed by atoms with Crippen molar-refractivity contribution in [3.05, 3.63) is 48.2 Å². The summed E-state index contributed by atoms with van der Waals surface area (Å²) in [7, 11) is -0.712. The first-order chi connectivity index (χ1) is 14.8. The average molecular weight is 440 g/mol. The minimum Gasteiger partial charge on any atom is -0.458 e. The highest BCUT2D eigenvalue weighted by atomic mass is 32.2. The number of anilines is 1. The molecule has 12 heteroatoms. The van der Waals surface area contributed by atoms with Gasteiger partial charge in [-0.25, -0.2) is 14.2 Å². The van der Waals surface area contributed by atoms with E-state index in [-0.39, 0.29) is 12.4 Å². The highest BCUT2D eigenvalue weighted by Crippen LogP contribution is 2.25. The number of tetrazole rings is 1. The predicted octanol–water partition coefficient (Wildman–Crippen LogP) is 0.808. The summed E-state index contributed by atoms with van der Waals surface area (Å²) in [6, 6.07) is 13.0. The highest BCUT2D eigenvalue weighted by molar-refractivity contribution is 8.00. The first kappa shape index (κ1) is 20.5. The van der Waals surface area contributed by atoms with Crippen molar-refractivity contribution in [2.24, 2.45) is 7.05 Å². The van der Waals surface area contributed by atoms with Crippen LogP contribution in [0.25, 0.3) is 17.0 Å². The Morgan fingerprint density at radius 2 is 2.00 bits per heavy atom. The van der Waals surface area contributed by atoms with Crippen LogP contribution in [-0.4, -0.2) is 62.7 Å². The molecule has 31 heavy (non-hydrogen) atoms. The summed E-state index contributed by atoms with van der Waals surface area (Å²) < 4.78 is 20.9. The molecule has 1 aromatic carbocycles. The van der Waals surface area contributed by atoms with Crippen molar-refractivity contribution in [1.82, 2.24) is 34.7 Å². The number of aromatic nitrogens is 7. The molecule has 1 N–H and O–H groups in total. The fraction of sp³-hybridized carbons (Fsp3) is 0.211. The van der Waals surface area contributed by atoms with Crippen LogP contribution in [0.3, 0.4) is 0 Å². The van der Waals surface area contributed by atoms with Crippen LogP contribution in [0.1, 0.15) is 5.69 Å². The Kier molecular flexibility index (Phi) is 5.38. The first-order valence-corrected chi connectivity index (χ1v) is 11.5. The van der Waals surface area contributed by atoms with Crippen molar-refractivity contribution in [2.75, 3.05) is 17.3 Å². The Morgan fingerprint density at radius 1 is 1.19 bits per heavy atom. The summed E-state index contributed by atoms with van der Waals surface area (Å²) in [5.41, 5.74) is 2.09. The fourth-order valence-corrected chi connectivity index (χ4v) is 3.56. The Labute approximate surface area is 178 Å². The Morgan fingerprint density at radius 3 is 2.74 bits per heavy atom. The predicted molar refractivity (Wildman–Crippen MR) is 117 cm³/mol.